The monoisotopic (exact) mass is 339 g/mol. The summed E-state index contributed by atoms with van der Waals surface area (Å²) in [7, 11) is 0. The number of carboxylic acid groups (broad SMARTS) is 1. The lowest BCUT2D eigenvalue weighted by molar-refractivity contribution is -0.139. The summed E-state index contributed by atoms with van der Waals surface area (Å²) < 4.78 is 0. The fraction of sp³-hybridized carbons (Fsp3) is 0.500. The molecule has 1 saturated carbocycles. The molecule has 118 valence electrons. The van der Waals surface area contributed by atoms with E-state index in [1.165, 1.54) is 11.8 Å². The first kappa shape index (κ1) is 15.7. The molecule has 0 bridgehead atoms. The second-order valence-electron chi connectivity index (χ2n) is 6.06. The van der Waals surface area contributed by atoms with E-state index in [0.717, 1.165) is 24.2 Å². The molecular weight excluding hydrogens is 322 g/mol. The van der Waals surface area contributed by atoms with Gasteiger partial charge in [-0.05, 0) is 36.8 Å². The number of amides is 1. The van der Waals surface area contributed by atoms with E-state index in [2.05, 4.69) is 0 Å². The zero-order valence-corrected chi connectivity index (χ0v) is 13.7. The van der Waals surface area contributed by atoms with Gasteiger partial charge in [0.1, 0.15) is 0 Å². The fourth-order valence-electron chi connectivity index (χ4n) is 3.24. The van der Waals surface area contributed by atoms with Crippen LogP contribution >= 0.6 is 23.4 Å². The number of nitrogens with zero attached hydrogens (tertiary/aromatic N) is 1. The summed E-state index contributed by atoms with van der Waals surface area (Å²) in [5.41, 5.74) is -0.0293. The van der Waals surface area contributed by atoms with Crippen molar-refractivity contribution in [3.05, 3.63) is 29.3 Å². The van der Waals surface area contributed by atoms with E-state index in [1.807, 2.05) is 29.2 Å². The molecule has 6 heteroatoms. The first-order valence-corrected chi connectivity index (χ1v) is 8.76. The smallest absolute Gasteiger partial charge is 0.307 e. The Labute approximate surface area is 138 Å². The van der Waals surface area contributed by atoms with E-state index in [1.54, 1.807) is 0 Å². The fourth-order valence-corrected chi connectivity index (χ4v) is 4.39. The number of likely N-dealkylation sites (tertiary alicyclic amines) is 1. The molecule has 3 rings (SSSR count). The number of carbonyl (C=O) groups is 2. The molecule has 1 aromatic carbocycles. The Balaban J connectivity index is 1.49. The molecule has 4 nitrogen and oxygen atoms in total. The summed E-state index contributed by atoms with van der Waals surface area (Å²) >= 11 is 7.54. The molecule has 1 heterocycles. The minimum atomic E-state index is -0.686. The van der Waals surface area contributed by atoms with Crippen LogP contribution in [-0.2, 0) is 9.59 Å². The SMILES string of the molecule is O=C(O)C1CC12CCN(C(=O)CSc1ccccc1Cl)CC2. The zero-order chi connectivity index (χ0) is 15.7. The number of benzene rings is 1. The van der Waals surface area contributed by atoms with Crippen molar-refractivity contribution in [3.63, 3.8) is 0 Å². The van der Waals surface area contributed by atoms with Crippen LogP contribution in [0.3, 0.4) is 0 Å². The van der Waals surface area contributed by atoms with Crippen molar-refractivity contribution in [1.29, 1.82) is 0 Å². The van der Waals surface area contributed by atoms with Crippen LogP contribution in [0, 0.1) is 11.3 Å². The van der Waals surface area contributed by atoms with Gasteiger partial charge < -0.3 is 10.0 Å². The average Bonchev–Trinajstić information content (AvgIpc) is 3.21. The highest BCUT2D eigenvalue weighted by molar-refractivity contribution is 8.00. The van der Waals surface area contributed by atoms with Gasteiger partial charge in [-0.3, -0.25) is 9.59 Å². The van der Waals surface area contributed by atoms with Crippen LogP contribution in [0.15, 0.2) is 29.2 Å². The minimum Gasteiger partial charge on any atom is -0.481 e. The van der Waals surface area contributed by atoms with E-state index in [0.29, 0.717) is 23.9 Å². The Morgan fingerprint density at radius 1 is 1.32 bits per heavy atom. The summed E-state index contributed by atoms with van der Waals surface area (Å²) in [5, 5.41) is 9.75. The van der Waals surface area contributed by atoms with Gasteiger partial charge in [-0.25, -0.2) is 0 Å². The highest BCUT2D eigenvalue weighted by Crippen LogP contribution is 2.59. The molecule has 1 aliphatic heterocycles. The van der Waals surface area contributed by atoms with Crippen LogP contribution in [0.25, 0.3) is 0 Å². The Morgan fingerprint density at radius 3 is 2.59 bits per heavy atom. The number of aliphatic carboxylic acids is 1. The summed E-state index contributed by atoms with van der Waals surface area (Å²) in [6.45, 7) is 1.34. The van der Waals surface area contributed by atoms with E-state index < -0.39 is 5.97 Å². The number of piperidine rings is 1. The van der Waals surface area contributed by atoms with Crippen molar-refractivity contribution in [2.24, 2.45) is 11.3 Å². The topological polar surface area (TPSA) is 57.6 Å². The van der Waals surface area contributed by atoms with Crippen LogP contribution in [-0.4, -0.2) is 40.7 Å². The highest BCUT2D eigenvalue weighted by atomic mass is 35.5. The first-order chi connectivity index (χ1) is 10.5. The Hall–Kier alpha value is -1.20. The second kappa shape index (κ2) is 6.13. The van der Waals surface area contributed by atoms with Gasteiger partial charge in [0, 0.05) is 18.0 Å². The van der Waals surface area contributed by atoms with Crippen LogP contribution in [0.5, 0.6) is 0 Å². The van der Waals surface area contributed by atoms with Crippen molar-refractivity contribution in [3.8, 4) is 0 Å². The van der Waals surface area contributed by atoms with Gasteiger partial charge in [0.05, 0.1) is 16.7 Å². The van der Waals surface area contributed by atoms with E-state index in [4.69, 9.17) is 16.7 Å². The molecule has 1 N–H and O–H groups in total. The molecule has 2 aliphatic rings. The van der Waals surface area contributed by atoms with Crippen LogP contribution in [0.1, 0.15) is 19.3 Å². The van der Waals surface area contributed by atoms with Crippen molar-refractivity contribution in [2.45, 2.75) is 24.2 Å². The zero-order valence-electron chi connectivity index (χ0n) is 12.1. The summed E-state index contributed by atoms with van der Waals surface area (Å²) in [4.78, 5) is 26.1. The first-order valence-electron chi connectivity index (χ1n) is 7.40. The predicted octanol–water partition coefficient (Wildman–Crippen LogP) is 3.15. The molecule has 0 radical (unpaired) electrons. The van der Waals surface area contributed by atoms with Gasteiger partial charge in [0.15, 0.2) is 0 Å². The molecule has 22 heavy (non-hydrogen) atoms. The number of carboxylic acids is 1. The lowest BCUT2D eigenvalue weighted by atomic mass is 9.91. The van der Waals surface area contributed by atoms with Crippen LogP contribution < -0.4 is 0 Å². The Morgan fingerprint density at radius 2 is 2.00 bits per heavy atom. The van der Waals surface area contributed by atoms with Gasteiger partial charge in [-0.15, -0.1) is 11.8 Å². The summed E-state index contributed by atoms with van der Waals surface area (Å²) in [5.74, 6) is -0.400. The molecule has 1 aliphatic carbocycles. The summed E-state index contributed by atoms with van der Waals surface area (Å²) in [6, 6.07) is 7.50. The molecular formula is C16H18ClNO3S. The van der Waals surface area contributed by atoms with Crippen LogP contribution in [0.2, 0.25) is 5.02 Å². The maximum absolute atomic E-state index is 12.3. The van der Waals surface area contributed by atoms with Gasteiger partial charge in [0.2, 0.25) is 5.91 Å². The Bertz CT molecular complexity index is 599. The Kier molecular flexibility index (Phi) is 4.37. The second-order valence-corrected chi connectivity index (χ2v) is 7.48. The third-order valence-electron chi connectivity index (χ3n) is 4.79. The molecule has 1 aromatic rings. The quantitative estimate of drug-likeness (QED) is 0.856. The third-order valence-corrected chi connectivity index (χ3v) is 6.29. The number of carbonyl (C=O) groups excluding carboxylic acids is 1. The van der Waals surface area contributed by atoms with Crippen LogP contribution in [0.4, 0.5) is 0 Å². The molecule has 1 amide bonds. The van der Waals surface area contributed by atoms with Gasteiger partial charge in [-0.1, -0.05) is 23.7 Å². The molecule has 0 aromatic heterocycles. The van der Waals surface area contributed by atoms with Crippen molar-refractivity contribution in [2.75, 3.05) is 18.8 Å². The largest absolute Gasteiger partial charge is 0.481 e. The molecule has 1 unspecified atom stereocenters. The average molecular weight is 340 g/mol. The maximum Gasteiger partial charge on any atom is 0.307 e. The van der Waals surface area contributed by atoms with E-state index >= 15 is 0 Å². The number of hydrogen-bond donors (Lipinski definition) is 1. The summed E-state index contributed by atoms with van der Waals surface area (Å²) in [6.07, 6.45) is 2.40. The van der Waals surface area contributed by atoms with Gasteiger partial charge >= 0.3 is 5.97 Å². The minimum absolute atomic E-state index is 0.0293. The molecule has 1 atom stereocenters. The van der Waals surface area contributed by atoms with Crippen molar-refractivity contribution < 1.29 is 14.7 Å². The van der Waals surface area contributed by atoms with Crippen molar-refractivity contribution in [1.82, 2.24) is 4.90 Å². The lowest BCUT2D eigenvalue weighted by Gasteiger charge is -2.32. The van der Waals surface area contributed by atoms with Gasteiger partial charge in [0.25, 0.3) is 0 Å². The molecule has 2 fully saturated rings. The highest BCUT2D eigenvalue weighted by Gasteiger charge is 2.59. The van der Waals surface area contributed by atoms with Crippen molar-refractivity contribution >= 4 is 35.2 Å². The normalized spacial score (nSPS) is 22.6. The van der Waals surface area contributed by atoms with E-state index in [9.17, 15) is 9.59 Å². The molecule has 1 saturated heterocycles. The lowest BCUT2D eigenvalue weighted by Crippen LogP contribution is -2.40. The number of halogens is 1. The van der Waals surface area contributed by atoms with Gasteiger partial charge in [-0.2, -0.15) is 0 Å². The van der Waals surface area contributed by atoms with E-state index in [-0.39, 0.29) is 17.2 Å². The third kappa shape index (κ3) is 3.10. The number of rotatable bonds is 4. The number of thioether (sulfide) groups is 1. The predicted molar refractivity (Wildman–Crippen MR) is 86.2 cm³/mol. The maximum atomic E-state index is 12.3. The molecule has 1 spiro atoms. The standard InChI is InChI=1S/C16H18ClNO3S/c17-12-3-1-2-4-13(12)22-10-14(19)18-7-5-16(6-8-18)9-11(16)15(20)21/h1-4,11H,5-10H2,(H,20,21). The number of hydrogen-bond acceptors (Lipinski definition) is 3.